The number of nitrogens with one attached hydrogen (secondary N) is 1. The number of nitrogens with zero attached hydrogens (tertiary/aromatic N) is 1. The van der Waals surface area contributed by atoms with Crippen molar-refractivity contribution in [3.8, 4) is 6.07 Å². The van der Waals surface area contributed by atoms with Gasteiger partial charge in [-0.1, -0.05) is 12.2 Å². The summed E-state index contributed by atoms with van der Waals surface area (Å²) in [4.78, 5) is 13.9. The average molecular weight is 208 g/mol. The van der Waals surface area contributed by atoms with Gasteiger partial charge in [0, 0.05) is 0 Å². The highest BCUT2D eigenvalue weighted by atomic mass is 32.1. The Kier molecular flexibility index (Phi) is 3.37. The second kappa shape index (κ2) is 4.53. The van der Waals surface area contributed by atoms with Crippen molar-refractivity contribution in [3.05, 3.63) is 28.0 Å². The van der Waals surface area contributed by atoms with E-state index >= 15 is 0 Å². The van der Waals surface area contributed by atoms with Gasteiger partial charge in [0.05, 0.1) is 12.2 Å². The predicted molar refractivity (Wildman–Crippen MR) is 52.3 cm³/mol. The lowest BCUT2D eigenvalue weighted by Gasteiger charge is -2.01. The number of rotatable bonds is 2. The fraction of sp³-hybridized carbons (Fsp3) is 0.222. The molecule has 1 aromatic rings. The van der Waals surface area contributed by atoms with Crippen molar-refractivity contribution in [3.63, 3.8) is 0 Å². The van der Waals surface area contributed by atoms with Crippen molar-refractivity contribution < 1.29 is 9.53 Å². The average Bonchev–Trinajstić information content (AvgIpc) is 2.17. The molecule has 0 saturated heterocycles. The van der Waals surface area contributed by atoms with Crippen molar-refractivity contribution in [1.82, 2.24) is 4.98 Å². The summed E-state index contributed by atoms with van der Waals surface area (Å²) in [5.74, 6) is -0.468. The maximum atomic E-state index is 11.3. The fourth-order valence-corrected chi connectivity index (χ4v) is 1.17. The third kappa shape index (κ3) is 2.41. The van der Waals surface area contributed by atoms with Gasteiger partial charge in [0.2, 0.25) is 0 Å². The molecule has 0 aliphatic carbocycles. The normalized spacial score (nSPS) is 9.14. The minimum absolute atomic E-state index is 0.251. The summed E-state index contributed by atoms with van der Waals surface area (Å²) in [5.41, 5.74) is 0.549. The lowest BCUT2D eigenvalue weighted by atomic mass is 10.2. The van der Waals surface area contributed by atoms with E-state index in [2.05, 4.69) is 4.98 Å². The van der Waals surface area contributed by atoms with E-state index in [1.54, 1.807) is 6.92 Å². The Balaban J connectivity index is 3.11. The minimum Gasteiger partial charge on any atom is -0.462 e. The summed E-state index contributed by atoms with van der Waals surface area (Å²) in [5, 5.41) is 8.62. The predicted octanol–water partition coefficient (Wildman–Crippen LogP) is 1.79. The van der Waals surface area contributed by atoms with Gasteiger partial charge in [-0.2, -0.15) is 5.26 Å². The molecule has 0 amide bonds. The topological polar surface area (TPSA) is 65.9 Å². The molecule has 1 N–H and O–H groups in total. The van der Waals surface area contributed by atoms with Crippen LogP contribution in [0.15, 0.2) is 12.1 Å². The fourth-order valence-electron chi connectivity index (χ4n) is 0.936. The third-order valence-corrected chi connectivity index (χ3v) is 1.70. The van der Waals surface area contributed by atoms with E-state index in [9.17, 15) is 4.79 Å². The van der Waals surface area contributed by atoms with Gasteiger partial charge >= 0.3 is 5.97 Å². The third-order valence-electron chi connectivity index (χ3n) is 1.48. The Labute approximate surface area is 86.1 Å². The molecule has 0 spiro atoms. The van der Waals surface area contributed by atoms with E-state index in [1.807, 2.05) is 6.07 Å². The number of carbonyl (C=O) groups is 1. The number of hydrogen-bond donors (Lipinski definition) is 1. The van der Waals surface area contributed by atoms with Crippen LogP contribution >= 0.6 is 12.2 Å². The summed E-state index contributed by atoms with van der Waals surface area (Å²) in [6.45, 7) is 2.01. The van der Waals surface area contributed by atoms with Gasteiger partial charge < -0.3 is 9.72 Å². The second-order valence-electron chi connectivity index (χ2n) is 2.48. The van der Waals surface area contributed by atoms with E-state index in [4.69, 9.17) is 22.2 Å². The number of aromatic amines is 1. The van der Waals surface area contributed by atoms with Crippen LogP contribution in [0.1, 0.15) is 23.0 Å². The van der Waals surface area contributed by atoms with Gasteiger partial charge in [-0.05, 0) is 19.1 Å². The van der Waals surface area contributed by atoms with E-state index < -0.39 is 5.97 Å². The van der Waals surface area contributed by atoms with Gasteiger partial charge in [0.15, 0.2) is 0 Å². The number of carbonyl (C=O) groups excluding carboxylic acids is 1. The van der Waals surface area contributed by atoms with Crippen LogP contribution in [0.4, 0.5) is 0 Å². The molecule has 0 aliphatic rings. The molecule has 1 heterocycles. The van der Waals surface area contributed by atoms with Crippen LogP contribution in [0.5, 0.6) is 0 Å². The van der Waals surface area contributed by atoms with Crippen LogP contribution in [0, 0.1) is 16.0 Å². The van der Waals surface area contributed by atoms with Gasteiger partial charge in [-0.15, -0.1) is 0 Å². The molecule has 0 saturated carbocycles. The molecule has 4 nitrogen and oxygen atoms in total. The zero-order valence-corrected chi connectivity index (χ0v) is 8.35. The van der Waals surface area contributed by atoms with E-state index in [-0.39, 0.29) is 5.69 Å². The lowest BCUT2D eigenvalue weighted by Crippen LogP contribution is -2.05. The quantitative estimate of drug-likeness (QED) is 0.594. The summed E-state index contributed by atoms with van der Waals surface area (Å²) in [6.07, 6.45) is 0. The summed E-state index contributed by atoms with van der Waals surface area (Å²) >= 11 is 4.84. The van der Waals surface area contributed by atoms with Gasteiger partial charge in [-0.3, -0.25) is 0 Å². The monoisotopic (exact) mass is 208 g/mol. The zero-order chi connectivity index (χ0) is 10.6. The largest absolute Gasteiger partial charge is 0.462 e. The number of nitriles is 1. The van der Waals surface area contributed by atoms with Crippen LogP contribution in [0.3, 0.4) is 0 Å². The zero-order valence-electron chi connectivity index (χ0n) is 7.53. The van der Waals surface area contributed by atoms with Crippen molar-refractivity contribution in [2.45, 2.75) is 6.92 Å². The van der Waals surface area contributed by atoms with Crippen molar-refractivity contribution in [2.75, 3.05) is 6.61 Å². The lowest BCUT2D eigenvalue weighted by molar-refractivity contribution is 0.0526. The summed E-state index contributed by atoms with van der Waals surface area (Å²) in [6, 6.07) is 4.75. The van der Waals surface area contributed by atoms with Crippen LogP contribution in [-0.4, -0.2) is 17.6 Å². The van der Waals surface area contributed by atoms with Crippen LogP contribution in [0.25, 0.3) is 0 Å². The van der Waals surface area contributed by atoms with Gasteiger partial charge in [0.25, 0.3) is 0 Å². The Morgan fingerprint density at radius 3 is 3.00 bits per heavy atom. The highest BCUT2D eigenvalue weighted by Crippen LogP contribution is 2.04. The molecule has 0 aliphatic heterocycles. The number of H-pyrrole nitrogens is 1. The molecule has 5 heteroatoms. The molecule has 0 radical (unpaired) electrons. The van der Waals surface area contributed by atoms with Crippen LogP contribution in [-0.2, 0) is 4.74 Å². The first-order chi connectivity index (χ1) is 6.67. The Bertz CT molecular complexity index is 445. The minimum atomic E-state index is -0.468. The Morgan fingerprint density at radius 1 is 1.71 bits per heavy atom. The SMILES string of the molecule is CCOC(=O)c1cc(C#N)[nH]c(=S)c1. The van der Waals surface area contributed by atoms with Crippen LogP contribution in [0.2, 0.25) is 0 Å². The van der Waals surface area contributed by atoms with E-state index in [1.165, 1.54) is 12.1 Å². The molecule has 0 bridgehead atoms. The van der Waals surface area contributed by atoms with Gasteiger partial charge in [-0.25, -0.2) is 4.79 Å². The highest BCUT2D eigenvalue weighted by molar-refractivity contribution is 7.71. The smallest absolute Gasteiger partial charge is 0.338 e. The Hall–Kier alpha value is -1.67. The molecule has 1 aromatic heterocycles. The number of ether oxygens (including phenoxy) is 1. The molecule has 1 rings (SSSR count). The Morgan fingerprint density at radius 2 is 2.43 bits per heavy atom. The molecule has 72 valence electrons. The number of hydrogen-bond acceptors (Lipinski definition) is 4. The number of aromatic nitrogens is 1. The molecular weight excluding hydrogens is 200 g/mol. The molecular formula is C9H8N2O2S. The van der Waals surface area contributed by atoms with Gasteiger partial charge in [0.1, 0.15) is 16.4 Å². The van der Waals surface area contributed by atoms with Crippen molar-refractivity contribution in [1.29, 1.82) is 5.26 Å². The van der Waals surface area contributed by atoms with E-state index in [0.29, 0.717) is 16.8 Å². The van der Waals surface area contributed by atoms with Crippen molar-refractivity contribution >= 4 is 18.2 Å². The summed E-state index contributed by atoms with van der Waals surface area (Å²) in [7, 11) is 0. The first kappa shape index (κ1) is 10.4. The highest BCUT2D eigenvalue weighted by Gasteiger charge is 2.07. The van der Waals surface area contributed by atoms with Crippen molar-refractivity contribution in [2.24, 2.45) is 0 Å². The first-order valence-electron chi connectivity index (χ1n) is 3.99. The molecule has 14 heavy (non-hydrogen) atoms. The standard InChI is InChI=1S/C9H8N2O2S/c1-2-13-9(12)6-3-7(5-10)11-8(14)4-6/h3-4H,2H2,1H3,(H,11,14). The molecule has 0 atom stereocenters. The van der Waals surface area contributed by atoms with E-state index in [0.717, 1.165) is 0 Å². The molecule has 0 fully saturated rings. The molecule has 0 aromatic carbocycles. The second-order valence-corrected chi connectivity index (χ2v) is 2.92. The maximum Gasteiger partial charge on any atom is 0.338 e. The molecule has 0 unspecified atom stereocenters. The number of esters is 1. The maximum absolute atomic E-state index is 11.3. The first-order valence-corrected chi connectivity index (χ1v) is 4.39. The summed E-state index contributed by atoms with van der Waals surface area (Å²) < 4.78 is 5.11. The number of pyridine rings is 1. The van der Waals surface area contributed by atoms with Crippen LogP contribution < -0.4 is 0 Å².